The number of amides is 1. The fraction of sp³-hybridized carbons (Fsp3) is 0.188. The molecule has 1 amide bonds. The molecule has 0 aliphatic rings. The minimum atomic E-state index is -0.883. The van der Waals surface area contributed by atoms with Crippen LogP contribution in [-0.2, 0) is 4.79 Å². The molecular formula is C16H17F2N3OS. The van der Waals surface area contributed by atoms with Crippen molar-refractivity contribution in [1.82, 2.24) is 0 Å². The van der Waals surface area contributed by atoms with Gasteiger partial charge in [0, 0.05) is 0 Å². The Balaban J connectivity index is 3.68. The summed E-state index contributed by atoms with van der Waals surface area (Å²) in [7, 11) is 0. The minimum Gasteiger partial charge on any atom is -0.269 e. The number of amidine groups is 1. The zero-order chi connectivity index (χ0) is 17.6. The number of anilines is 1. The van der Waals surface area contributed by atoms with Gasteiger partial charge in [0.25, 0.3) is 5.91 Å². The first-order chi connectivity index (χ1) is 10.9. The molecule has 0 atom stereocenters. The van der Waals surface area contributed by atoms with Crippen LogP contribution in [0.5, 0.6) is 0 Å². The molecule has 7 heteroatoms. The average molecular weight is 337 g/mol. The number of aliphatic imine (C=N–C) groups is 2. The van der Waals surface area contributed by atoms with Gasteiger partial charge in [-0.05, 0) is 50.6 Å². The highest BCUT2D eigenvalue weighted by atomic mass is 32.2. The van der Waals surface area contributed by atoms with Crippen LogP contribution in [0.1, 0.15) is 13.8 Å². The molecule has 0 heterocycles. The van der Waals surface area contributed by atoms with Crippen molar-refractivity contribution in [3.63, 3.8) is 0 Å². The van der Waals surface area contributed by atoms with Gasteiger partial charge in [0.05, 0.1) is 0 Å². The van der Waals surface area contributed by atoms with Gasteiger partial charge in [0.2, 0.25) is 0 Å². The van der Waals surface area contributed by atoms with E-state index in [0.717, 1.165) is 23.1 Å². The van der Waals surface area contributed by atoms with E-state index in [9.17, 15) is 13.6 Å². The van der Waals surface area contributed by atoms with Crippen LogP contribution in [0.25, 0.3) is 0 Å². The maximum absolute atomic E-state index is 14.1. The van der Waals surface area contributed by atoms with Crippen molar-refractivity contribution in [3.8, 4) is 0 Å². The maximum Gasteiger partial charge on any atom is 0.256 e. The lowest BCUT2D eigenvalue weighted by atomic mass is 10.2. The van der Waals surface area contributed by atoms with Gasteiger partial charge in [-0.25, -0.2) is 18.8 Å². The lowest BCUT2D eigenvalue weighted by molar-refractivity contribution is -0.113. The molecule has 1 aromatic carbocycles. The number of halogens is 2. The molecule has 0 fully saturated rings. The van der Waals surface area contributed by atoms with E-state index in [-0.39, 0.29) is 11.0 Å². The van der Waals surface area contributed by atoms with Crippen molar-refractivity contribution >= 4 is 35.2 Å². The highest BCUT2D eigenvalue weighted by molar-refractivity contribution is 8.13. The summed E-state index contributed by atoms with van der Waals surface area (Å²) in [6.45, 7) is 10.1. The Morgan fingerprint density at radius 2 is 1.87 bits per heavy atom. The lowest BCUT2D eigenvalue weighted by Gasteiger charge is -2.24. The molecular weight excluding hydrogens is 320 g/mol. The third kappa shape index (κ3) is 4.35. The van der Waals surface area contributed by atoms with E-state index in [4.69, 9.17) is 0 Å². The van der Waals surface area contributed by atoms with E-state index in [2.05, 4.69) is 23.3 Å². The zero-order valence-corrected chi connectivity index (χ0v) is 14.0. The SMILES string of the molecule is C=CC(=O)N(C(/N=C(\N=C)SC)=C(C)C)c1c(F)cccc1F. The number of thioether (sulfide) groups is 1. The van der Waals surface area contributed by atoms with Crippen LogP contribution >= 0.6 is 11.8 Å². The highest BCUT2D eigenvalue weighted by Crippen LogP contribution is 2.29. The van der Waals surface area contributed by atoms with Gasteiger partial charge >= 0.3 is 0 Å². The molecule has 4 nitrogen and oxygen atoms in total. The topological polar surface area (TPSA) is 45.0 Å². The molecule has 0 saturated carbocycles. The van der Waals surface area contributed by atoms with Gasteiger partial charge in [0.15, 0.2) is 5.17 Å². The Hall–Kier alpha value is -2.28. The van der Waals surface area contributed by atoms with Crippen molar-refractivity contribution in [1.29, 1.82) is 0 Å². The van der Waals surface area contributed by atoms with Crippen LogP contribution in [0.2, 0.25) is 0 Å². The fourth-order valence-corrected chi connectivity index (χ4v) is 2.04. The van der Waals surface area contributed by atoms with Crippen LogP contribution in [0.15, 0.2) is 52.2 Å². The third-order valence-electron chi connectivity index (χ3n) is 2.73. The Morgan fingerprint density at radius 1 is 1.30 bits per heavy atom. The number of rotatable bonds is 4. The van der Waals surface area contributed by atoms with Crippen LogP contribution in [0, 0.1) is 11.6 Å². The Labute approximate surface area is 138 Å². The Bertz CT molecular complexity index is 674. The number of benzene rings is 1. The second-order valence-corrected chi connectivity index (χ2v) is 5.30. The summed E-state index contributed by atoms with van der Waals surface area (Å²) in [5.41, 5.74) is 0.0555. The highest BCUT2D eigenvalue weighted by Gasteiger charge is 2.25. The minimum absolute atomic E-state index is 0.0654. The van der Waals surface area contributed by atoms with Gasteiger partial charge < -0.3 is 0 Å². The van der Waals surface area contributed by atoms with Gasteiger partial charge in [0.1, 0.15) is 23.1 Å². The van der Waals surface area contributed by atoms with E-state index in [1.165, 1.54) is 17.8 Å². The van der Waals surface area contributed by atoms with Crippen LogP contribution < -0.4 is 4.90 Å². The second-order valence-electron chi connectivity index (χ2n) is 4.53. The molecule has 1 aromatic rings. The van der Waals surface area contributed by atoms with E-state index < -0.39 is 23.2 Å². The monoisotopic (exact) mass is 337 g/mol. The first-order valence-corrected chi connectivity index (χ1v) is 7.77. The molecule has 0 unspecified atom stereocenters. The first-order valence-electron chi connectivity index (χ1n) is 6.54. The first kappa shape index (κ1) is 18.8. The summed E-state index contributed by atoms with van der Waals surface area (Å²) in [6, 6.07) is 3.35. The molecule has 0 aliphatic carbocycles. The Kier molecular flexibility index (Phi) is 6.84. The van der Waals surface area contributed by atoms with Gasteiger partial charge in [-0.3, -0.25) is 9.69 Å². The van der Waals surface area contributed by atoms with Crippen molar-refractivity contribution < 1.29 is 13.6 Å². The summed E-state index contributed by atoms with van der Waals surface area (Å²) in [6.07, 6.45) is 2.68. The number of hydrogen-bond acceptors (Lipinski definition) is 3. The summed E-state index contributed by atoms with van der Waals surface area (Å²) < 4.78 is 28.3. The fourth-order valence-electron chi connectivity index (χ4n) is 1.74. The van der Waals surface area contributed by atoms with Crippen molar-refractivity contribution in [2.45, 2.75) is 13.8 Å². The van der Waals surface area contributed by atoms with Gasteiger partial charge in [-0.1, -0.05) is 24.4 Å². The average Bonchev–Trinajstić information content (AvgIpc) is 2.52. The molecule has 1 rings (SSSR count). The largest absolute Gasteiger partial charge is 0.269 e. The maximum atomic E-state index is 14.1. The van der Waals surface area contributed by atoms with E-state index in [1.54, 1.807) is 20.1 Å². The Morgan fingerprint density at radius 3 is 2.26 bits per heavy atom. The lowest BCUT2D eigenvalue weighted by Crippen LogP contribution is -2.30. The number of nitrogens with zero attached hydrogens (tertiary/aromatic N) is 3. The molecule has 23 heavy (non-hydrogen) atoms. The number of carbonyl (C=O) groups is 1. The molecule has 0 spiro atoms. The van der Waals surface area contributed by atoms with Crippen molar-refractivity contribution in [2.75, 3.05) is 11.2 Å². The molecule has 0 bridgehead atoms. The third-order valence-corrected chi connectivity index (χ3v) is 3.32. The van der Waals surface area contributed by atoms with Crippen LogP contribution in [0.3, 0.4) is 0 Å². The van der Waals surface area contributed by atoms with Crippen LogP contribution in [0.4, 0.5) is 14.5 Å². The molecule has 0 saturated heterocycles. The summed E-state index contributed by atoms with van der Waals surface area (Å²) in [5.74, 6) is -2.41. The molecule has 122 valence electrons. The molecule has 0 aliphatic heterocycles. The van der Waals surface area contributed by atoms with E-state index in [1.807, 2.05) is 0 Å². The smallest absolute Gasteiger partial charge is 0.256 e. The standard InChI is InChI=1S/C16H17F2N3OS/c1-6-13(22)21(14-11(17)8-7-9-12(14)18)15(10(2)3)20-16(19-4)23-5/h6-9H,1,4H2,2-3,5H3/b20-16+. The predicted molar refractivity (Wildman–Crippen MR) is 92.9 cm³/mol. The quantitative estimate of drug-likeness (QED) is 0.470. The van der Waals surface area contributed by atoms with Gasteiger partial charge in [-0.2, -0.15) is 0 Å². The predicted octanol–water partition coefficient (Wildman–Crippen LogP) is 4.15. The number of allylic oxidation sites excluding steroid dienone is 1. The molecule has 0 aromatic heterocycles. The van der Waals surface area contributed by atoms with E-state index >= 15 is 0 Å². The normalized spacial score (nSPS) is 10.9. The number of hydrogen-bond donors (Lipinski definition) is 0. The van der Waals surface area contributed by atoms with E-state index in [0.29, 0.717) is 5.57 Å². The van der Waals surface area contributed by atoms with Crippen LogP contribution in [-0.4, -0.2) is 24.0 Å². The van der Waals surface area contributed by atoms with Gasteiger partial charge in [-0.15, -0.1) is 0 Å². The second kappa shape index (κ2) is 8.38. The van der Waals surface area contributed by atoms with Crippen molar-refractivity contribution in [3.05, 3.63) is 53.9 Å². The van der Waals surface area contributed by atoms with Crippen molar-refractivity contribution in [2.24, 2.45) is 9.98 Å². The number of para-hydroxylation sites is 1. The summed E-state index contributed by atoms with van der Waals surface area (Å²) in [4.78, 5) is 21.0. The summed E-state index contributed by atoms with van der Waals surface area (Å²) in [5, 5.41) is 0.264. The zero-order valence-electron chi connectivity index (χ0n) is 13.1. The number of carbonyl (C=O) groups excluding carboxylic acids is 1. The molecule has 0 N–H and O–H groups in total. The molecule has 0 radical (unpaired) electrons. The summed E-state index contributed by atoms with van der Waals surface area (Å²) >= 11 is 1.19.